The molecule has 0 amide bonds. The topological polar surface area (TPSA) is 109 Å². The summed E-state index contributed by atoms with van der Waals surface area (Å²) in [6, 6.07) is 22.0. The number of hydroxylamine groups is 2. The van der Waals surface area contributed by atoms with Gasteiger partial charge in [-0.2, -0.15) is 11.0 Å². The summed E-state index contributed by atoms with van der Waals surface area (Å²) >= 11 is 0. The van der Waals surface area contributed by atoms with Gasteiger partial charge in [0.2, 0.25) is 0 Å². The monoisotopic (exact) mass is 590 g/mol. The summed E-state index contributed by atoms with van der Waals surface area (Å²) in [5.74, 6) is 0.0136. The molecule has 6 unspecified atom stereocenters. The van der Waals surface area contributed by atoms with Crippen LogP contribution in [0.4, 0.5) is 11.4 Å². The van der Waals surface area contributed by atoms with E-state index in [-0.39, 0.29) is 12.1 Å². The van der Waals surface area contributed by atoms with Gasteiger partial charge in [0.05, 0.1) is 47.9 Å². The van der Waals surface area contributed by atoms with Gasteiger partial charge in [0.25, 0.3) is 0 Å². The molecule has 2 aliphatic heterocycles. The minimum atomic E-state index is -0.658. The van der Waals surface area contributed by atoms with Crippen LogP contribution in [0.25, 0.3) is 21.8 Å². The summed E-state index contributed by atoms with van der Waals surface area (Å²) in [7, 11) is 0. The highest BCUT2D eigenvalue weighted by molar-refractivity contribution is 5.91. The summed E-state index contributed by atoms with van der Waals surface area (Å²) in [5.41, 5.74) is 9.75. The fraction of sp³-hybridized carbons (Fsp3) is 0.353. The van der Waals surface area contributed by atoms with Crippen molar-refractivity contribution in [3.63, 3.8) is 0 Å². The number of rotatable bonds is 10. The normalized spacial score (nSPS) is 26.6. The van der Waals surface area contributed by atoms with Crippen LogP contribution < -0.4 is 20.8 Å². The first-order chi connectivity index (χ1) is 21.6. The molecule has 10 heteroatoms. The van der Waals surface area contributed by atoms with Crippen LogP contribution in [-0.4, -0.2) is 59.2 Å². The molecule has 8 rings (SSSR count). The largest absolute Gasteiger partial charge is 0.367 e. The molecule has 2 aromatic heterocycles. The Labute approximate surface area is 254 Å². The molecule has 44 heavy (non-hydrogen) atoms. The van der Waals surface area contributed by atoms with Crippen LogP contribution in [-0.2, 0) is 19.3 Å². The fourth-order valence-electron chi connectivity index (χ4n) is 7.31. The van der Waals surface area contributed by atoms with E-state index in [9.17, 15) is 9.59 Å². The van der Waals surface area contributed by atoms with Crippen molar-refractivity contribution in [3.05, 3.63) is 85.2 Å². The van der Waals surface area contributed by atoms with Crippen molar-refractivity contribution >= 4 is 45.1 Å². The lowest BCUT2D eigenvalue weighted by Crippen LogP contribution is -2.41. The molecule has 224 valence electrons. The van der Waals surface area contributed by atoms with Gasteiger partial charge in [-0.3, -0.25) is 9.97 Å². The second-order valence-corrected chi connectivity index (χ2v) is 12.4. The minimum absolute atomic E-state index is 0.194. The van der Waals surface area contributed by atoms with E-state index in [1.165, 1.54) is 12.8 Å². The molecule has 4 fully saturated rings. The van der Waals surface area contributed by atoms with E-state index in [4.69, 9.17) is 9.68 Å². The standard InChI is InChI=1S/C34H34N6O4/c41-33(43-37-19-27-13-23-15-31(23)39(27)25-11-21-5-1-3-7-29(21)35-17-25)9-10-34(42)44-38-20-28-14-24-16-32(24)40(28)26-12-22-6-2-4-8-30(22)36-18-26/h1-12,17-18,23-24,27-28,31-32,37-38H,13-16,19-20H2/b10-9+. The lowest BCUT2D eigenvalue weighted by Gasteiger charge is -2.29. The zero-order valence-electron chi connectivity index (χ0n) is 24.2. The third-order valence-electron chi connectivity index (χ3n) is 9.51. The number of piperidine rings is 2. The summed E-state index contributed by atoms with van der Waals surface area (Å²) in [6.45, 7) is 0.968. The molecule has 4 heterocycles. The van der Waals surface area contributed by atoms with Gasteiger partial charge in [-0.25, -0.2) is 9.59 Å². The van der Waals surface area contributed by atoms with Crippen LogP contribution in [0, 0.1) is 11.8 Å². The van der Waals surface area contributed by atoms with E-state index in [1.807, 2.05) is 48.8 Å². The van der Waals surface area contributed by atoms with Crippen LogP contribution in [0.5, 0.6) is 0 Å². The predicted molar refractivity (Wildman–Crippen MR) is 166 cm³/mol. The molecule has 2 N–H and O–H groups in total. The number of nitrogens with zero attached hydrogens (tertiary/aromatic N) is 4. The molecular weight excluding hydrogens is 556 g/mol. The van der Waals surface area contributed by atoms with E-state index in [1.54, 1.807) is 0 Å². The lowest BCUT2D eigenvalue weighted by atomic mass is 10.1. The van der Waals surface area contributed by atoms with Gasteiger partial charge in [0.15, 0.2) is 0 Å². The van der Waals surface area contributed by atoms with E-state index >= 15 is 0 Å². The number of benzene rings is 2. The summed E-state index contributed by atoms with van der Waals surface area (Å²) in [6.07, 6.45) is 10.4. The third-order valence-corrected chi connectivity index (χ3v) is 9.51. The third kappa shape index (κ3) is 5.35. The number of pyridine rings is 2. The Morgan fingerprint density at radius 1 is 0.705 bits per heavy atom. The van der Waals surface area contributed by atoms with Gasteiger partial charge in [-0.05, 0) is 61.8 Å². The van der Waals surface area contributed by atoms with Crippen LogP contribution in [0.15, 0.2) is 85.2 Å². The predicted octanol–water partition coefficient (Wildman–Crippen LogP) is 4.07. The molecular formula is C34H34N6O4. The van der Waals surface area contributed by atoms with Crippen molar-refractivity contribution in [2.45, 2.75) is 49.9 Å². The molecule has 2 aromatic carbocycles. The highest BCUT2D eigenvalue weighted by Crippen LogP contribution is 2.50. The van der Waals surface area contributed by atoms with Gasteiger partial charge in [0, 0.05) is 47.1 Å². The Bertz CT molecular complexity index is 1640. The first kappa shape index (κ1) is 27.0. The second-order valence-electron chi connectivity index (χ2n) is 12.4. The average molecular weight is 591 g/mol. The molecule has 4 aliphatic rings. The zero-order chi connectivity index (χ0) is 29.6. The van der Waals surface area contributed by atoms with E-state index in [2.05, 4.69) is 55.0 Å². The molecule has 2 saturated carbocycles. The number of para-hydroxylation sites is 2. The van der Waals surface area contributed by atoms with Gasteiger partial charge in [0.1, 0.15) is 0 Å². The van der Waals surface area contributed by atoms with Crippen LogP contribution >= 0.6 is 0 Å². The van der Waals surface area contributed by atoms with Crippen molar-refractivity contribution in [2.75, 3.05) is 22.9 Å². The Hall–Kier alpha value is -4.54. The van der Waals surface area contributed by atoms with E-state index in [0.29, 0.717) is 37.0 Å². The summed E-state index contributed by atoms with van der Waals surface area (Å²) < 4.78 is 0. The Balaban J connectivity index is 0.795. The van der Waals surface area contributed by atoms with Crippen LogP contribution in [0.3, 0.4) is 0 Å². The molecule has 6 atom stereocenters. The minimum Gasteiger partial charge on any atom is -0.367 e. The van der Waals surface area contributed by atoms with Crippen molar-refractivity contribution in [1.82, 2.24) is 20.9 Å². The maximum absolute atomic E-state index is 12.3. The molecule has 2 aliphatic carbocycles. The SMILES string of the molecule is O=C(/C=C/C(=O)ONCC1CC2CC2N1c1cnc2ccccc2c1)ONCC1CC2CC2N1c1cnc2ccccc2c1. The van der Waals surface area contributed by atoms with Gasteiger partial charge in [-0.15, -0.1) is 0 Å². The number of aromatic nitrogens is 2. The highest BCUT2D eigenvalue weighted by Gasteiger charge is 2.53. The van der Waals surface area contributed by atoms with Crippen LogP contribution in [0.2, 0.25) is 0 Å². The Kier molecular flexibility index (Phi) is 6.87. The lowest BCUT2D eigenvalue weighted by molar-refractivity contribution is -0.147. The number of carbonyl (C=O) groups excluding carboxylic acids is 2. The van der Waals surface area contributed by atoms with Crippen molar-refractivity contribution in [2.24, 2.45) is 11.8 Å². The molecule has 0 spiro atoms. The number of nitrogens with one attached hydrogen (secondary N) is 2. The number of carbonyl (C=O) groups is 2. The van der Waals surface area contributed by atoms with Crippen molar-refractivity contribution in [1.29, 1.82) is 0 Å². The zero-order valence-corrected chi connectivity index (χ0v) is 24.2. The Morgan fingerprint density at radius 3 is 1.64 bits per heavy atom. The number of anilines is 2. The fourth-order valence-corrected chi connectivity index (χ4v) is 7.31. The first-order valence-corrected chi connectivity index (χ1v) is 15.4. The van der Waals surface area contributed by atoms with Gasteiger partial charge in [-0.1, -0.05) is 36.4 Å². The number of hydrogen-bond donors (Lipinski definition) is 2. The second kappa shape index (κ2) is 11.2. The molecule has 0 radical (unpaired) electrons. The van der Waals surface area contributed by atoms with Gasteiger partial charge < -0.3 is 19.5 Å². The quantitative estimate of drug-likeness (QED) is 0.207. The number of fused-ring (bicyclic) bond motifs is 4. The summed E-state index contributed by atoms with van der Waals surface area (Å²) in [4.78, 5) is 49.0. The Morgan fingerprint density at radius 2 is 1.16 bits per heavy atom. The average Bonchev–Trinajstić information content (AvgIpc) is 3.93. The van der Waals surface area contributed by atoms with Crippen molar-refractivity contribution < 1.29 is 19.3 Å². The van der Waals surface area contributed by atoms with Crippen LogP contribution in [0.1, 0.15) is 25.7 Å². The van der Waals surface area contributed by atoms with Gasteiger partial charge >= 0.3 is 11.9 Å². The smallest absolute Gasteiger partial charge is 0.349 e. The summed E-state index contributed by atoms with van der Waals surface area (Å²) in [5, 5.41) is 2.22. The maximum atomic E-state index is 12.3. The molecule has 4 aromatic rings. The maximum Gasteiger partial charge on any atom is 0.349 e. The van der Waals surface area contributed by atoms with E-state index in [0.717, 1.165) is 58.2 Å². The van der Waals surface area contributed by atoms with Crippen molar-refractivity contribution in [3.8, 4) is 0 Å². The highest BCUT2D eigenvalue weighted by atomic mass is 16.7. The van der Waals surface area contributed by atoms with E-state index < -0.39 is 11.9 Å². The first-order valence-electron chi connectivity index (χ1n) is 15.4. The molecule has 2 saturated heterocycles. The molecule has 0 bridgehead atoms. The number of hydrogen-bond acceptors (Lipinski definition) is 10. The molecule has 10 nitrogen and oxygen atoms in total.